The van der Waals surface area contributed by atoms with Crippen LogP contribution in [0.4, 0.5) is 10.6 Å². The molecule has 1 unspecified atom stereocenters. The predicted octanol–water partition coefficient (Wildman–Crippen LogP) is 1.62. The number of amides is 1. The lowest BCUT2D eigenvalue weighted by molar-refractivity contribution is 0.0158. The van der Waals surface area contributed by atoms with E-state index in [0.717, 1.165) is 0 Å². The van der Waals surface area contributed by atoms with Gasteiger partial charge in [0.25, 0.3) is 0 Å². The van der Waals surface area contributed by atoms with Crippen molar-refractivity contribution in [2.75, 3.05) is 24.5 Å². The Hall–Kier alpha value is -2.38. The van der Waals surface area contributed by atoms with E-state index >= 15 is 0 Å². The fourth-order valence-electron chi connectivity index (χ4n) is 2.35. The fraction of sp³-hybridized carbons (Fsp3) is 0.600. The van der Waals surface area contributed by atoms with E-state index in [9.17, 15) is 9.59 Å². The molecule has 1 aromatic heterocycles. The van der Waals surface area contributed by atoms with Gasteiger partial charge < -0.3 is 19.6 Å². The molecular formula is C15H22N4O4. The predicted molar refractivity (Wildman–Crippen MR) is 83.6 cm³/mol. The van der Waals surface area contributed by atoms with Crippen LogP contribution < -0.4 is 4.90 Å². The molecule has 0 spiro atoms. The average Bonchev–Trinajstić information content (AvgIpc) is 2.45. The lowest BCUT2D eigenvalue weighted by atomic mass is 10.2. The van der Waals surface area contributed by atoms with Crippen LogP contribution in [-0.4, -0.2) is 63.3 Å². The maximum absolute atomic E-state index is 12.2. The number of aromatic nitrogens is 2. The Morgan fingerprint density at radius 2 is 1.96 bits per heavy atom. The zero-order valence-corrected chi connectivity index (χ0v) is 13.8. The Bertz CT molecular complexity index is 582. The van der Waals surface area contributed by atoms with Gasteiger partial charge in [-0.25, -0.2) is 19.6 Å². The molecule has 8 nitrogen and oxygen atoms in total. The van der Waals surface area contributed by atoms with Gasteiger partial charge in [0.1, 0.15) is 11.4 Å². The third-order valence-corrected chi connectivity index (χ3v) is 3.44. The number of carboxylic acid groups (broad SMARTS) is 1. The largest absolute Gasteiger partial charge is 0.476 e. The van der Waals surface area contributed by atoms with E-state index in [1.54, 1.807) is 4.90 Å². The topological polar surface area (TPSA) is 95.9 Å². The number of hydrogen-bond acceptors (Lipinski definition) is 6. The van der Waals surface area contributed by atoms with Crippen molar-refractivity contribution in [3.63, 3.8) is 0 Å². The molecule has 1 aliphatic heterocycles. The van der Waals surface area contributed by atoms with Crippen molar-refractivity contribution in [1.29, 1.82) is 0 Å². The summed E-state index contributed by atoms with van der Waals surface area (Å²) in [7, 11) is 0. The molecule has 126 valence electrons. The van der Waals surface area contributed by atoms with E-state index in [1.165, 1.54) is 12.4 Å². The van der Waals surface area contributed by atoms with Crippen LogP contribution in [0.15, 0.2) is 12.4 Å². The molecule has 2 heterocycles. The molecule has 1 amide bonds. The van der Waals surface area contributed by atoms with Crippen LogP contribution >= 0.6 is 0 Å². The number of rotatable bonds is 2. The Balaban J connectivity index is 2.00. The van der Waals surface area contributed by atoms with Crippen LogP contribution in [-0.2, 0) is 4.74 Å². The lowest BCUT2D eigenvalue weighted by Crippen LogP contribution is -2.55. The maximum atomic E-state index is 12.2. The summed E-state index contributed by atoms with van der Waals surface area (Å²) >= 11 is 0. The van der Waals surface area contributed by atoms with Crippen LogP contribution in [0.5, 0.6) is 0 Å². The highest BCUT2D eigenvalue weighted by Gasteiger charge is 2.31. The van der Waals surface area contributed by atoms with Gasteiger partial charge in [-0.1, -0.05) is 0 Å². The van der Waals surface area contributed by atoms with Crippen molar-refractivity contribution in [2.24, 2.45) is 0 Å². The zero-order chi connectivity index (χ0) is 17.2. The van der Waals surface area contributed by atoms with E-state index in [4.69, 9.17) is 9.84 Å². The third-order valence-electron chi connectivity index (χ3n) is 3.44. The molecule has 1 aromatic rings. The number of carbonyl (C=O) groups excluding carboxylic acids is 1. The first-order valence-corrected chi connectivity index (χ1v) is 7.47. The fourth-order valence-corrected chi connectivity index (χ4v) is 2.35. The number of hydrogen-bond donors (Lipinski definition) is 1. The summed E-state index contributed by atoms with van der Waals surface area (Å²) in [4.78, 5) is 34.7. The Labute approximate surface area is 135 Å². The summed E-state index contributed by atoms with van der Waals surface area (Å²) in [5.41, 5.74) is -0.610. The van der Waals surface area contributed by atoms with Gasteiger partial charge in [-0.3, -0.25) is 0 Å². The second-order valence-electron chi connectivity index (χ2n) is 6.53. The highest BCUT2D eigenvalue weighted by molar-refractivity contribution is 5.84. The summed E-state index contributed by atoms with van der Waals surface area (Å²) in [6.45, 7) is 9.14. The van der Waals surface area contributed by atoms with Crippen LogP contribution in [0.2, 0.25) is 0 Å². The normalized spacial score (nSPS) is 18.7. The van der Waals surface area contributed by atoms with E-state index in [0.29, 0.717) is 25.5 Å². The van der Waals surface area contributed by atoms with Gasteiger partial charge in [0.2, 0.25) is 0 Å². The van der Waals surface area contributed by atoms with Gasteiger partial charge in [-0.05, 0) is 27.7 Å². The van der Waals surface area contributed by atoms with Crippen molar-refractivity contribution in [2.45, 2.75) is 39.3 Å². The second-order valence-corrected chi connectivity index (χ2v) is 6.53. The quantitative estimate of drug-likeness (QED) is 0.883. The molecule has 0 bridgehead atoms. The van der Waals surface area contributed by atoms with E-state index in [1.807, 2.05) is 32.6 Å². The minimum absolute atomic E-state index is 0.0421. The highest BCUT2D eigenvalue weighted by Crippen LogP contribution is 2.19. The minimum atomic E-state index is -1.10. The number of carboxylic acids is 1. The van der Waals surface area contributed by atoms with E-state index in [2.05, 4.69) is 9.97 Å². The molecule has 1 N–H and O–H groups in total. The molecule has 1 fully saturated rings. The number of anilines is 1. The molecule has 23 heavy (non-hydrogen) atoms. The van der Waals surface area contributed by atoms with Crippen molar-refractivity contribution in [3.8, 4) is 0 Å². The number of aromatic carboxylic acids is 1. The van der Waals surface area contributed by atoms with Gasteiger partial charge in [0.15, 0.2) is 5.69 Å². The highest BCUT2D eigenvalue weighted by atomic mass is 16.6. The van der Waals surface area contributed by atoms with Crippen LogP contribution in [0, 0.1) is 0 Å². The van der Waals surface area contributed by atoms with Crippen molar-refractivity contribution >= 4 is 17.9 Å². The summed E-state index contributed by atoms with van der Waals surface area (Å²) in [6.07, 6.45) is 2.36. The monoisotopic (exact) mass is 322 g/mol. The van der Waals surface area contributed by atoms with E-state index < -0.39 is 11.6 Å². The number of ether oxygens (including phenoxy) is 1. The summed E-state index contributed by atoms with van der Waals surface area (Å²) in [6, 6.07) is -0.0421. The summed E-state index contributed by atoms with van der Waals surface area (Å²) in [5, 5.41) is 8.84. The minimum Gasteiger partial charge on any atom is -0.476 e. The van der Waals surface area contributed by atoms with Gasteiger partial charge in [-0.15, -0.1) is 0 Å². The van der Waals surface area contributed by atoms with Crippen molar-refractivity contribution in [3.05, 3.63) is 18.1 Å². The van der Waals surface area contributed by atoms with Gasteiger partial charge >= 0.3 is 12.1 Å². The first kappa shape index (κ1) is 17.0. The molecule has 0 aromatic carbocycles. The zero-order valence-electron chi connectivity index (χ0n) is 13.8. The van der Waals surface area contributed by atoms with Crippen molar-refractivity contribution < 1.29 is 19.4 Å². The molecule has 8 heteroatoms. The molecule has 2 rings (SSSR count). The number of nitrogens with zero attached hydrogens (tertiary/aromatic N) is 4. The van der Waals surface area contributed by atoms with Gasteiger partial charge in [-0.2, -0.15) is 0 Å². The smallest absolute Gasteiger partial charge is 0.410 e. The van der Waals surface area contributed by atoms with E-state index in [-0.39, 0.29) is 17.8 Å². The maximum Gasteiger partial charge on any atom is 0.410 e. The molecule has 0 saturated carbocycles. The van der Waals surface area contributed by atoms with Crippen LogP contribution in [0.3, 0.4) is 0 Å². The summed E-state index contributed by atoms with van der Waals surface area (Å²) in [5.74, 6) is -0.502. The molecule has 0 radical (unpaired) electrons. The molecule has 1 aliphatic rings. The van der Waals surface area contributed by atoms with Crippen molar-refractivity contribution in [1.82, 2.24) is 14.9 Å². The first-order chi connectivity index (χ1) is 10.7. The first-order valence-electron chi connectivity index (χ1n) is 7.47. The third kappa shape index (κ3) is 4.30. The lowest BCUT2D eigenvalue weighted by Gasteiger charge is -2.40. The van der Waals surface area contributed by atoms with Crippen LogP contribution in [0.1, 0.15) is 38.2 Å². The molecular weight excluding hydrogens is 300 g/mol. The molecule has 0 aliphatic carbocycles. The van der Waals surface area contributed by atoms with Crippen LogP contribution in [0.25, 0.3) is 0 Å². The number of carbonyl (C=O) groups is 2. The van der Waals surface area contributed by atoms with Gasteiger partial charge in [0.05, 0.1) is 12.4 Å². The molecule has 1 saturated heterocycles. The standard InChI is InChI=1S/C15H22N4O4/c1-10-9-18(12-8-16-11(7-17-12)13(20)21)5-6-19(10)14(22)23-15(2,3)4/h7-8,10H,5-6,9H2,1-4H3,(H,20,21). The SMILES string of the molecule is CC1CN(c2cnc(C(=O)O)cn2)CCN1C(=O)OC(C)(C)C. The van der Waals surface area contributed by atoms with Gasteiger partial charge in [0, 0.05) is 25.7 Å². The summed E-state index contributed by atoms with van der Waals surface area (Å²) < 4.78 is 5.41. The average molecular weight is 322 g/mol. The second kappa shape index (κ2) is 6.39. The molecule has 1 atom stereocenters. The Morgan fingerprint density at radius 1 is 1.26 bits per heavy atom. The Morgan fingerprint density at radius 3 is 2.43 bits per heavy atom. The number of piperazine rings is 1. The Kier molecular flexibility index (Phi) is 4.72.